The smallest absolute Gasteiger partial charge is 0.289 e. The van der Waals surface area contributed by atoms with Gasteiger partial charge in [-0.15, -0.1) is 0 Å². The summed E-state index contributed by atoms with van der Waals surface area (Å²) in [6.07, 6.45) is -4.43. The molecule has 1 aliphatic carbocycles. The third kappa shape index (κ3) is 1.75. The number of hydrogen-bond acceptors (Lipinski definition) is 1. The number of aryl methyl sites for hydroxylation is 1. The molecule has 0 saturated heterocycles. The molecule has 2 aromatic rings. The molecular weight excluding hydrogens is 253 g/mol. The van der Waals surface area contributed by atoms with Crippen molar-refractivity contribution in [3.8, 4) is 11.1 Å². The summed E-state index contributed by atoms with van der Waals surface area (Å²) in [6, 6.07) is 8.66. The van der Waals surface area contributed by atoms with Crippen molar-refractivity contribution in [2.45, 2.75) is 13.1 Å². The van der Waals surface area contributed by atoms with Crippen LogP contribution in [0, 0.1) is 6.92 Å². The van der Waals surface area contributed by atoms with E-state index in [4.69, 9.17) is 0 Å². The summed E-state index contributed by atoms with van der Waals surface area (Å²) in [7, 11) is 0. The highest BCUT2D eigenvalue weighted by molar-refractivity contribution is 6.21. The Hall–Kier alpha value is -2.10. The van der Waals surface area contributed by atoms with Crippen LogP contribution in [0.5, 0.6) is 0 Å². The van der Waals surface area contributed by atoms with E-state index in [0.29, 0.717) is 16.7 Å². The normalized spacial score (nSPS) is 13.4. The van der Waals surface area contributed by atoms with E-state index in [1.54, 1.807) is 12.1 Å². The van der Waals surface area contributed by atoms with Gasteiger partial charge in [0.05, 0.1) is 5.56 Å². The summed E-state index contributed by atoms with van der Waals surface area (Å²) < 4.78 is 38.0. The largest absolute Gasteiger partial charge is 0.416 e. The van der Waals surface area contributed by atoms with Gasteiger partial charge in [0.1, 0.15) is 0 Å². The number of rotatable bonds is 0. The molecule has 4 heteroatoms. The maximum absolute atomic E-state index is 12.7. The Bertz CT molecular complexity index is 699. The number of carbonyl (C=O) groups excluding carboxylic acids is 1. The lowest BCUT2D eigenvalue weighted by Gasteiger charge is -2.08. The van der Waals surface area contributed by atoms with Gasteiger partial charge in [-0.3, -0.25) is 4.79 Å². The molecule has 1 nitrogen and oxygen atoms in total. The average Bonchev–Trinajstić information content (AvgIpc) is 2.62. The summed E-state index contributed by atoms with van der Waals surface area (Å²) in [5.41, 5.74) is 2.03. The fraction of sp³-hybridized carbons (Fsp3) is 0.133. The minimum Gasteiger partial charge on any atom is -0.289 e. The third-order valence-electron chi connectivity index (χ3n) is 3.30. The van der Waals surface area contributed by atoms with E-state index in [-0.39, 0.29) is 11.3 Å². The molecular formula is C15H9F3O. The van der Waals surface area contributed by atoms with E-state index in [0.717, 1.165) is 17.7 Å². The number of alkyl halides is 3. The number of benzene rings is 2. The van der Waals surface area contributed by atoms with Crippen LogP contribution in [0.2, 0.25) is 0 Å². The fourth-order valence-electron chi connectivity index (χ4n) is 2.37. The van der Waals surface area contributed by atoms with Gasteiger partial charge in [0.2, 0.25) is 0 Å². The van der Waals surface area contributed by atoms with Crippen LogP contribution in [0.25, 0.3) is 11.1 Å². The molecule has 0 radical (unpaired) electrons. The minimum atomic E-state index is -4.43. The van der Waals surface area contributed by atoms with Gasteiger partial charge in [-0.05, 0) is 36.2 Å². The van der Waals surface area contributed by atoms with Gasteiger partial charge >= 0.3 is 6.18 Å². The molecule has 1 aliphatic rings. The van der Waals surface area contributed by atoms with E-state index in [1.807, 2.05) is 13.0 Å². The molecule has 0 saturated carbocycles. The molecule has 3 rings (SSSR count). The quantitative estimate of drug-likeness (QED) is 0.592. The van der Waals surface area contributed by atoms with E-state index >= 15 is 0 Å². The highest BCUT2D eigenvalue weighted by Gasteiger charge is 2.34. The summed E-state index contributed by atoms with van der Waals surface area (Å²) in [6.45, 7) is 1.84. The van der Waals surface area contributed by atoms with Crippen LogP contribution in [-0.2, 0) is 6.18 Å². The fourth-order valence-corrected chi connectivity index (χ4v) is 2.37. The Morgan fingerprint density at radius 3 is 2.05 bits per heavy atom. The first-order valence-corrected chi connectivity index (χ1v) is 5.75. The highest BCUT2D eigenvalue weighted by Crippen LogP contribution is 2.40. The van der Waals surface area contributed by atoms with Gasteiger partial charge in [-0.1, -0.05) is 23.8 Å². The first kappa shape index (κ1) is 12.0. The first-order valence-electron chi connectivity index (χ1n) is 5.75. The lowest BCUT2D eigenvalue weighted by atomic mass is 10.0. The molecule has 0 spiro atoms. The number of fused-ring (bicyclic) bond motifs is 3. The Balaban J connectivity index is 2.22. The van der Waals surface area contributed by atoms with Crippen molar-refractivity contribution < 1.29 is 18.0 Å². The molecule has 0 N–H and O–H groups in total. The predicted molar refractivity (Wildman–Crippen MR) is 65.0 cm³/mol. The molecule has 19 heavy (non-hydrogen) atoms. The zero-order valence-electron chi connectivity index (χ0n) is 10.0. The molecule has 0 aromatic heterocycles. The number of hydrogen-bond donors (Lipinski definition) is 0. The highest BCUT2D eigenvalue weighted by atomic mass is 19.4. The second-order valence-electron chi connectivity index (χ2n) is 4.64. The van der Waals surface area contributed by atoms with Crippen molar-refractivity contribution in [1.82, 2.24) is 0 Å². The van der Waals surface area contributed by atoms with Crippen molar-refractivity contribution in [1.29, 1.82) is 0 Å². The summed E-state index contributed by atoms with van der Waals surface area (Å²) in [5.74, 6) is -0.334. The Morgan fingerprint density at radius 1 is 0.842 bits per heavy atom. The van der Waals surface area contributed by atoms with Gasteiger partial charge in [-0.25, -0.2) is 0 Å². The van der Waals surface area contributed by atoms with Crippen molar-refractivity contribution >= 4 is 5.78 Å². The van der Waals surface area contributed by atoms with Gasteiger partial charge in [-0.2, -0.15) is 13.2 Å². The average molecular weight is 262 g/mol. The zero-order valence-corrected chi connectivity index (χ0v) is 10.0. The van der Waals surface area contributed by atoms with Crippen molar-refractivity contribution in [3.05, 3.63) is 58.7 Å². The molecule has 2 aromatic carbocycles. The van der Waals surface area contributed by atoms with Gasteiger partial charge in [0.25, 0.3) is 0 Å². The second kappa shape index (κ2) is 3.70. The summed E-state index contributed by atoms with van der Waals surface area (Å²) in [5, 5.41) is 0. The minimum absolute atomic E-state index is 0.135. The zero-order chi connectivity index (χ0) is 13.8. The van der Waals surface area contributed by atoms with E-state index < -0.39 is 11.7 Å². The maximum Gasteiger partial charge on any atom is 0.416 e. The van der Waals surface area contributed by atoms with Crippen LogP contribution >= 0.6 is 0 Å². The SMILES string of the molecule is Cc1ccc2c(c1)C(=O)c1cc(C(F)(F)F)ccc1-2. The predicted octanol–water partition coefficient (Wildman–Crippen LogP) is 4.23. The molecule has 0 heterocycles. The van der Waals surface area contributed by atoms with E-state index in [1.165, 1.54) is 6.07 Å². The van der Waals surface area contributed by atoms with Crippen molar-refractivity contribution in [2.24, 2.45) is 0 Å². The summed E-state index contributed by atoms with van der Waals surface area (Å²) >= 11 is 0. The molecule has 0 amide bonds. The van der Waals surface area contributed by atoms with Gasteiger partial charge < -0.3 is 0 Å². The van der Waals surface area contributed by atoms with Crippen molar-refractivity contribution in [2.75, 3.05) is 0 Å². The number of ketones is 1. The molecule has 0 unspecified atom stereocenters. The van der Waals surface area contributed by atoms with Gasteiger partial charge in [0, 0.05) is 11.1 Å². The topological polar surface area (TPSA) is 17.1 Å². The monoisotopic (exact) mass is 262 g/mol. The lowest BCUT2D eigenvalue weighted by molar-refractivity contribution is -0.137. The summed E-state index contributed by atoms with van der Waals surface area (Å²) in [4.78, 5) is 12.2. The number of carbonyl (C=O) groups is 1. The van der Waals surface area contributed by atoms with E-state index in [9.17, 15) is 18.0 Å². The lowest BCUT2D eigenvalue weighted by Crippen LogP contribution is -2.06. The first-order chi connectivity index (χ1) is 8.88. The number of halogens is 3. The van der Waals surface area contributed by atoms with Gasteiger partial charge in [0.15, 0.2) is 5.78 Å². The van der Waals surface area contributed by atoms with Crippen LogP contribution in [0.4, 0.5) is 13.2 Å². The molecule has 0 bridgehead atoms. The van der Waals surface area contributed by atoms with Crippen LogP contribution < -0.4 is 0 Å². The van der Waals surface area contributed by atoms with Crippen LogP contribution in [0.3, 0.4) is 0 Å². The molecule has 0 atom stereocenters. The molecule has 0 fully saturated rings. The maximum atomic E-state index is 12.7. The Kier molecular flexibility index (Phi) is 2.33. The van der Waals surface area contributed by atoms with Crippen LogP contribution in [0.15, 0.2) is 36.4 Å². The standard InChI is InChI=1S/C15H9F3O/c1-8-2-4-10-11-5-3-9(15(16,17)18)7-13(11)14(19)12(10)6-8/h2-7H,1H3. The van der Waals surface area contributed by atoms with Crippen molar-refractivity contribution in [3.63, 3.8) is 0 Å². The molecule has 0 aliphatic heterocycles. The second-order valence-corrected chi connectivity index (χ2v) is 4.64. The van der Waals surface area contributed by atoms with E-state index in [2.05, 4.69) is 0 Å². The van der Waals surface area contributed by atoms with Crippen LogP contribution in [0.1, 0.15) is 27.0 Å². The Morgan fingerprint density at radius 2 is 1.42 bits per heavy atom. The Labute approximate surface area is 107 Å². The third-order valence-corrected chi connectivity index (χ3v) is 3.30. The van der Waals surface area contributed by atoms with Crippen LogP contribution in [-0.4, -0.2) is 5.78 Å². The molecule has 96 valence electrons.